The second-order valence-electron chi connectivity index (χ2n) is 5.71. The van der Waals surface area contributed by atoms with Gasteiger partial charge in [0.1, 0.15) is 0 Å². The van der Waals surface area contributed by atoms with E-state index in [9.17, 15) is 4.79 Å². The number of thiophene rings is 2. The lowest BCUT2D eigenvalue weighted by molar-refractivity contribution is -0.122. The van der Waals surface area contributed by atoms with Crippen LogP contribution in [0, 0.1) is 0 Å². The Morgan fingerprint density at radius 2 is 1.56 bits per heavy atom. The minimum Gasteiger partial charge on any atom is -0.351 e. The van der Waals surface area contributed by atoms with Crippen molar-refractivity contribution in [3.63, 3.8) is 0 Å². The highest BCUT2D eigenvalue weighted by atomic mass is 35.5. The molecule has 25 heavy (non-hydrogen) atoms. The van der Waals surface area contributed by atoms with Gasteiger partial charge in [-0.2, -0.15) is 0 Å². The molecule has 0 saturated carbocycles. The summed E-state index contributed by atoms with van der Waals surface area (Å²) in [5, 5.41) is 7.83. The number of hydrogen-bond acceptors (Lipinski definition) is 4. The number of rotatable bonds is 8. The summed E-state index contributed by atoms with van der Waals surface area (Å²) in [6.45, 7) is 2.46. The number of amides is 1. The molecule has 0 spiro atoms. The Bertz CT molecular complexity index is 734. The van der Waals surface area contributed by atoms with E-state index in [4.69, 9.17) is 11.6 Å². The Kier molecular flexibility index (Phi) is 6.64. The number of halogens is 1. The van der Waals surface area contributed by atoms with Crippen LogP contribution in [0.15, 0.2) is 59.3 Å². The van der Waals surface area contributed by atoms with Gasteiger partial charge in [0, 0.05) is 34.4 Å². The van der Waals surface area contributed by atoms with Crippen molar-refractivity contribution in [3.8, 4) is 0 Å². The number of hydrogen-bond donors (Lipinski definition) is 1. The van der Waals surface area contributed by atoms with Crippen LogP contribution >= 0.6 is 34.3 Å². The van der Waals surface area contributed by atoms with E-state index in [1.165, 1.54) is 9.75 Å². The molecule has 130 valence electrons. The van der Waals surface area contributed by atoms with Crippen LogP contribution in [0.2, 0.25) is 5.02 Å². The topological polar surface area (TPSA) is 32.3 Å². The monoisotopic (exact) mass is 390 g/mol. The molecule has 0 aliphatic heterocycles. The van der Waals surface area contributed by atoms with Crippen molar-refractivity contribution in [2.45, 2.75) is 19.6 Å². The number of nitrogens with zero attached hydrogens (tertiary/aromatic N) is 1. The average molecular weight is 391 g/mol. The Labute approximate surface area is 160 Å². The van der Waals surface area contributed by atoms with Crippen LogP contribution in [0.25, 0.3) is 0 Å². The van der Waals surface area contributed by atoms with Gasteiger partial charge in [-0.3, -0.25) is 9.69 Å². The van der Waals surface area contributed by atoms with Gasteiger partial charge in [0.05, 0.1) is 6.54 Å². The maximum atomic E-state index is 12.4. The van der Waals surface area contributed by atoms with Gasteiger partial charge in [0.2, 0.25) is 5.91 Å². The molecule has 0 aliphatic rings. The first-order valence-electron chi connectivity index (χ1n) is 7.97. The van der Waals surface area contributed by atoms with Crippen molar-refractivity contribution in [2.75, 3.05) is 6.54 Å². The van der Waals surface area contributed by atoms with Crippen LogP contribution < -0.4 is 5.32 Å². The predicted molar refractivity (Wildman–Crippen MR) is 106 cm³/mol. The third-order valence-electron chi connectivity index (χ3n) is 3.69. The van der Waals surface area contributed by atoms with Crippen molar-refractivity contribution >= 4 is 40.2 Å². The fraction of sp³-hybridized carbons (Fsp3) is 0.211. The van der Waals surface area contributed by atoms with Crippen LogP contribution in [0.1, 0.15) is 15.3 Å². The van der Waals surface area contributed by atoms with Gasteiger partial charge in [0.15, 0.2) is 0 Å². The molecule has 1 aromatic carbocycles. The van der Waals surface area contributed by atoms with Crippen LogP contribution in [0.3, 0.4) is 0 Å². The van der Waals surface area contributed by atoms with Gasteiger partial charge in [-0.15, -0.1) is 22.7 Å². The summed E-state index contributed by atoms with van der Waals surface area (Å²) in [6.07, 6.45) is 0. The van der Waals surface area contributed by atoms with E-state index in [-0.39, 0.29) is 5.91 Å². The summed E-state index contributed by atoms with van der Waals surface area (Å²) in [6, 6.07) is 15.8. The van der Waals surface area contributed by atoms with Crippen LogP contribution in [-0.2, 0) is 24.4 Å². The van der Waals surface area contributed by atoms with Gasteiger partial charge >= 0.3 is 0 Å². The third-order valence-corrected chi connectivity index (χ3v) is 5.66. The molecule has 2 aromatic heterocycles. The lowest BCUT2D eigenvalue weighted by Crippen LogP contribution is -2.36. The fourth-order valence-corrected chi connectivity index (χ4v) is 4.09. The van der Waals surface area contributed by atoms with Crippen molar-refractivity contribution in [1.82, 2.24) is 10.2 Å². The van der Waals surface area contributed by atoms with Crippen molar-refractivity contribution in [3.05, 3.63) is 79.6 Å². The molecule has 3 rings (SSSR count). The van der Waals surface area contributed by atoms with Crippen molar-refractivity contribution in [2.24, 2.45) is 0 Å². The maximum Gasteiger partial charge on any atom is 0.234 e. The largest absolute Gasteiger partial charge is 0.351 e. The summed E-state index contributed by atoms with van der Waals surface area (Å²) >= 11 is 9.33. The number of nitrogens with one attached hydrogen (secondary N) is 1. The molecule has 0 unspecified atom stereocenters. The van der Waals surface area contributed by atoms with E-state index in [2.05, 4.69) is 33.1 Å². The molecular formula is C19H19ClN2OS2. The van der Waals surface area contributed by atoms with Gasteiger partial charge in [-0.05, 0) is 40.6 Å². The van der Waals surface area contributed by atoms with Gasteiger partial charge in [-0.25, -0.2) is 0 Å². The maximum absolute atomic E-state index is 12.4. The molecule has 0 saturated heterocycles. The standard InChI is InChI=1S/C19H19ClN2OS2/c20-16-7-5-15(6-8-16)11-21-19(23)14-22(12-17-3-1-9-24-17)13-18-4-2-10-25-18/h1-10H,11-14H2,(H,21,23). The van der Waals surface area contributed by atoms with Crippen molar-refractivity contribution < 1.29 is 4.79 Å². The Morgan fingerprint density at radius 1 is 0.960 bits per heavy atom. The summed E-state index contributed by atoms with van der Waals surface area (Å²) < 4.78 is 0. The van der Waals surface area contributed by atoms with Crippen LogP contribution in [-0.4, -0.2) is 17.4 Å². The van der Waals surface area contributed by atoms with E-state index in [1.54, 1.807) is 22.7 Å². The molecule has 1 N–H and O–H groups in total. The van der Waals surface area contributed by atoms with E-state index >= 15 is 0 Å². The number of benzene rings is 1. The highest BCUT2D eigenvalue weighted by Crippen LogP contribution is 2.17. The van der Waals surface area contributed by atoms with E-state index in [0.29, 0.717) is 18.1 Å². The zero-order valence-corrected chi connectivity index (χ0v) is 16.0. The molecule has 0 atom stereocenters. The van der Waals surface area contributed by atoms with Gasteiger partial charge in [0.25, 0.3) is 0 Å². The molecule has 0 radical (unpaired) electrons. The highest BCUT2D eigenvalue weighted by Gasteiger charge is 2.13. The average Bonchev–Trinajstić information content (AvgIpc) is 3.28. The molecular weight excluding hydrogens is 372 g/mol. The molecule has 3 nitrogen and oxygen atoms in total. The van der Waals surface area contributed by atoms with Crippen molar-refractivity contribution in [1.29, 1.82) is 0 Å². The zero-order chi connectivity index (χ0) is 17.5. The van der Waals surface area contributed by atoms with Crippen LogP contribution in [0.4, 0.5) is 0 Å². The minimum atomic E-state index is 0.0306. The quantitative estimate of drug-likeness (QED) is 0.600. The summed E-state index contributed by atoms with van der Waals surface area (Å²) in [5.74, 6) is 0.0306. The van der Waals surface area contributed by atoms with Crippen LogP contribution in [0.5, 0.6) is 0 Å². The third kappa shape index (κ3) is 5.97. The molecule has 6 heteroatoms. The molecule has 2 heterocycles. The lowest BCUT2D eigenvalue weighted by Gasteiger charge is -2.20. The van der Waals surface area contributed by atoms with Gasteiger partial charge < -0.3 is 5.32 Å². The lowest BCUT2D eigenvalue weighted by atomic mass is 10.2. The predicted octanol–water partition coefficient (Wildman–Crippen LogP) is 4.78. The fourth-order valence-electron chi connectivity index (χ4n) is 2.48. The highest BCUT2D eigenvalue weighted by molar-refractivity contribution is 7.10. The van der Waals surface area contributed by atoms with E-state index < -0.39 is 0 Å². The molecule has 0 bridgehead atoms. The summed E-state index contributed by atoms with van der Waals surface area (Å²) in [7, 11) is 0. The normalized spacial score (nSPS) is 11.0. The first kappa shape index (κ1) is 18.1. The summed E-state index contributed by atoms with van der Waals surface area (Å²) in [4.78, 5) is 17.1. The molecule has 1 amide bonds. The van der Waals surface area contributed by atoms with E-state index in [0.717, 1.165) is 18.7 Å². The SMILES string of the molecule is O=C(CN(Cc1cccs1)Cc1cccs1)NCc1ccc(Cl)cc1. The molecule has 0 fully saturated rings. The van der Waals surface area contributed by atoms with Gasteiger partial charge in [-0.1, -0.05) is 35.9 Å². The smallest absolute Gasteiger partial charge is 0.234 e. The minimum absolute atomic E-state index is 0.0306. The van der Waals surface area contributed by atoms with E-state index in [1.807, 2.05) is 36.4 Å². The summed E-state index contributed by atoms with van der Waals surface area (Å²) in [5.41, 5.74) is 1.04. The Balaban J connectivity index is 1.56. The Hall–Kier alpha value is -1.66. The molecule has 3 aromatic rings. The molecule has 0 aliphatic carbocycles. The Morgan fingerprint density at radius 3 is 2.08 bits per heavy atom. The first-order chi connectivity index (χ1) is 12.2. The second kappa shape index (κ2) is 9.15. The zero-order valence-electron chi connectivity index (χ0n) is 13.7. The second-order valence-corrected chi connectivity index (χ2v) is 8.21. The number of carbonyl (C=O) groups is 1. The first-order valence-corrected chi connectivity index (χ1v) is 10.1. The number of carbonyl (C=O) groups excluding carboxylic acids is 1.